The largest absolute Gasteiger partial charge is 0.373 e. The minimum absolute atomic E-state index is 0.0287. The highest BCUT2D eigenvalue weighted by Gasteiger charge is 2.20. The first-order valence-corrected chi connectivity index (χ1v) is 8.06. The zero-order valence-corrected chi connectivity index (χ0v) is 12.8. The van der Waals surface area contributed by atoms with E-state index in [1.54, 1.807) is 22.9 Å². The number of hydrogen-bond donors (Lipinski definition) is 1. The number of nitro groups is 1. The van der Waals surface area contributed by atoms with Gasteiger partial charge in [0.15, 0.2) is 5.52 Å². The van der Waals surface area contributed by atoms with Crippen molar-refractivity contribution in [2.75, 3.05) is 5.32 Å². The van der Waals surface area contributed by atoms with E-state index in [2.05, 4.69) is 22.2 Å². The van der Waals surface area contributed by atoms with Gasteiger partial charge in [0.2, 0.25) is 0 Å². The summed E-state index contributed by atoms with van der Waals surface area (Å²) in [5, 5.41) is 15.3. The highest BCUT2D eigenvalue weighted by Crippen LogP contribution is 2.34. The number of fused-ring (bicyclic) bond motifs is 1. The number of nitrogens with zero attached hydrogens (tertiary/aromatic N) is 3. The lowest BCUT2D eigenvalue weighted by molar-refractivity contribution is -0.382. The number of benzene rings is 1. The van der Waals surface area contributed by atoms with E-state index in [4.69, 9.17) is 0 Å². The van der Waals surface area contributed by atoms with E-state index in [0.29, 0.717) is 17.7 Å². The van der Waals surface area contributed by atoms with Gasteiger partial charge in [-0.05, 0) is 18.6 Å². The van der Waals surface area contributed by atoms with Crippen LogP contribution in [0.5, 0.6) is 0 Å². The Morgan fingerprint density at radius 3 is 2.95 bits per heavy atom. The highest BCUT2D eigenvalue weighted by atomic mass is 32.1. The van der Waals surface area contributed by atoms with E-state index < -0.39 is 0 Å². The highest BCUT2D eigenvalue weighted by molar-refractivity contribution is 7.16. The second kappa shape index (κ2) is 5.74. The molecule has 8 heteroatoms. The maximum Gasteiger partial charge on any atom is 0.319 e. The summed E-state index contributed by atoms with van der Waals surface area (Å²) < 4.78 is 0.815. The Balaban J connectivity index is 1.89. The molecule has 3 rings (SSSR count). The molecule has 0 unspecified atom stereocenters. The minimum atomic E-state index is -0.385. The van der Waals surface area contributed by atoms with Gasteiger partial charge in [-0.3, -0.25) is 10.1 Å². The normalized spacial score (nSPS) is 10.9. The first-order chi connectivity index (χ1) is 10.2. The lowest BCUT2D eigenvalue weighted by Crippen LogP contribution is -2.02. The predicted octanol–water partition coefficient (Wildman–Crippen LogP) is 3.84. The van der Waals surface area contributed by atoms with Crippen LogP contribution in [0.25, 0.3) is 10.2 Å². The molecule has 2 aromatic heterocycles. The molecule has 6 nitrogen and oxygen atoms in total. The van der Waals surface area contributed by atoms with Crippen LogP contribution in [0.15, 0.2) is 23.8 Å². The Labute approximate surface area is 128 Å². The lowest BCUT2D eigenvalue weighted by Gasteiger charge is -2.05. The van der Waals surface area contributed by atoms with Gasteiger partial charge in [-0.1, -0.05) is 6.92 Å². The van der Waals surface area contributed by atoms with Gasteiger partial charge in [-0.2, -0.15) is 0 Å². The Morgan fingerprint density at radius 2 is 2.24 bits per heavy atom. The molecule has 0 fully saturated rings. The number of aromatic nitrogens is 2. The first kappa shape index (κ1) is 13.9. The van der Waals surface area contributed by atoms with E-state index in [0.717, 1.165) is 16.1 Å². The molecule has 108 valence electrons. The molecule has 0 aliphatic rings. The number of rotatable bonds is 5. The van der Waals surface area contributed by atoms with Crippen molar-refractivity contribution >= 4 is 44.3 Å². The van der Waals surface area contributed by atoms with Gasteiger partial charge in [0.25, 0.3) is 0 Å². The number of aryl methyl sites for hydroxylation is 1. The molecular formula is C13H12N4O2S2. The van der Waals surface area contributed by atoms with E-state index >= 15 is 0 Å². The summed E-state index contributed by atoms with van der Waals surface area (Å²) in [4.78, 5) is 20.5. The van der Waals surface area contributed by atoms with Crippen LogP contribution < -0.4 is 5.32 Å². The molecule has 21 heavy (non-hydrogen) atoms. The first-order valence-electron chi connectivity index (χ1n) is 6.37. The molecule has 0 saturated carbocycles. The molecule has 0 atom stereocenters. The monoisotopic (exact) mass is 320 g/mol. The van der Waals surface area contributed by atoms with Gasteiger partial charge in [0.1, 0.15) is 10.7 Å². The van der Waals surface area contributed by atoms with Crippen LogP contribution in [0.3, 0.4) is 0 Å². The third kappa shape index (κ3) is 2.72. The molecule has 2 heterocycles. The number of nitro benzene ring substituents is 1. The van der Waals surface area contributed by atoms with Crippen LogP contribution in [0.2, 0.25) is 0 Å². The second-order valence-corrected chi connectivity index (χ2v) is 6.43. The van der Waals surface area contributed by atoms with Crippen molar-refractivity contribution < 1.29 is 4.92 Å². The zero-order chi connectivity index (χ0) is 14.8. The van der Waals surface area contributed by atoms with E-state index in [-0.39, 0.29) is 10.6 Å². The van der Waals surface area contributed by atoms with Crippen molar-refractivity contribution in [1.29, 1.82) is 0 Å². The van der Waals surface area contributed by atoms with Crippen LogP contribution in [-0.4, -0.2) is 14.9 Å². The molecule has 1 aromatic carbocycles. The Morgan fingerprint density at radius 1 is 1.38 bits per heavy atom. The van der Waals surface area contributed by atoms with Crippen LogP contribution >= 0.6 is 22.7 Å². The summed E-state index contributed by atoms with van der Waals surface area (Å²) in [5.41, 5.74) is 2.56. The average molecular weight is 320 g/mol. The van der Waals surface area contributed by atoms with Crippen LogP contribution in [-0.2, 0) is 13.0 Å². The maximum absolute atomic E-state index is 11.3. The summed E-state index contributed by atoms with van der Waals surface area (Å²) >= 11 is 3.01. The zero-order valence-electron chi connectivity index (χ0n) is 11.2. The summed E-state index contributed by atoms with van der Waals surface area (Å²) in [6, 6.07) is 3.58. The number of anilines is 1. The quantitative estimate of drug-likeness (QED) is 0.570. The summed E-state index contributed by atoms with van der Waals surface area (Å²) in [6.45, 7) is 2.55. The number of hydrogen-bond acceptors (Lipinski definition) is 7. The van der Waals surface area contributed by atoms with Crippen LogP contribution in [0, 0.1) is 10.1 Å². The fourth-order valence-corrected chi connectivity index (χ4v) is 3.49. The molecule has 0 saturated heterocycles. The van der Waals surface area contributed by atoms with Gasteiger partial charge in [-0.15, -0.1) is 22.7 Å². The molecule has 3 aromatic rings. The van der Waals surface area contributed by atoms with E-state index in [1.165, 1.54) is 16.2 Å². The summed E-state index contributed by atoms with van der Waals surface area (Å²) in [5.74, 6) is 0. The summed E-state index contributed by atoms with van der Waals surface area (Å²) in [6.07, 6.45) is 2.79. The SMILES string of the molecule is CCc1cnc(CNc2ccc3scnc3c2[N+](=O)[O-])s1. The lowest BCUT2D eigenvalue weighted by atomic mass is 10.2. The summed E-state index contributed by atoms with van der Waals surface area (Å²) in [7, 11) is 0. The smallest absolute Gasteiger partial charge is 0.319 e. The standard InChI is InChI=1S/C13H12N4O2S2/c1-2-8-5-15-11(21-8)6-14-9-3-4-10-12(16-7-20-10)13(9)17(18)19/h3-5,7,14H,2,6H2,1H3. The van der Waals surface area contributed by atoms with Gasteiger partial charge in [-0.25, -0.2) is 9.97 Å². The van der Waals surface area contributed by atoms with Gasteiger partial charge >= 0.3 is 5.69 Å². The minimum Gasteiger partial charge on any atom is -0.373 e. The van der Waals surface area contributed by atoms with Crippen molar-refractivity contribution in [2.24, 2.45) is 0 Å². The molecule has 1 N–H and O–H groups in total. The molecule has 0 radical (unpaired) electrons. The predicted molar refractivity (Wildman–Crippen MR) is 85.1 cm³/mol. The number of nitrogens with one attached hydrogen (secondary N) is 1. The van der Waals surface area contributed by atoms with E-state index in [9.17, 15) is 10.1 Å². The number of thiazole rings is 2. The Kier molecular flexibility index (Phi) is 3.80. The fraction of sp³-hybridized carbons (Fsp3) is 0.231. The average Bonchev–Trinajstić information content (AvgIpc) is 3.12. The molecule has 0 aliphatic carbocycles. The Bertz CT molecular complexity index is 796. The molecule has 0 aliphatic heterocycles. The topological polar surface area (TPSA) is 81.0 Å². The van der Waals surface area contributed by atoms with E-state index in [1.807, 2.05) is 12.3 Å². The maximum atomic E-state index is 11.3. The van der Waals surface area contributed by atoms with Gasteiger partial charge < -0.3 is 5.32 Å². The molecule has 0 amide bonds. The van der Waals surface area contributed by atoms with Crippen molar-refractivity contribution in [2.45, 2.75) is 19.9 Å². The Hall–Kier alpha value is -2.06. The third-order valence-corrected chi connectivity index (χ3v) is 4.97. The fourth-order valence-electron chi connectivity index (χ4n) is 2.01. The van der Waals surface area contributed by atoms with Crippen molar-refractivity contribution in [1.82, 2.24) is 9.97 Å². The van der Waals surface area contributed by atoms with Crippen molar-refractivity contribution in [3.05, 3.63) is 43.8 Å². The third-order valence-electron chi connectivity index (χ3n) is 3.04. The molecular weight excluding hydrogens is 308 g/mol. The molecule has 0 bridgehead atoms. The van der Waals surface area contributed by atoms with Crippen molar-refractivity contribution in [3.8, 4) is 0 Å². The van der Waals surface area contributed by atoms with Gasteiger partial charge in [0, 0.05) is 11.1 Å². The second-order valence-electron chi connectivity index (χ2n) is 4.35. The van der Waals surface area contributed by atoms with Crippen molar-refractivity contribution in [3.63, 3.8) is 0 Å². The van der Waals surface area contributed by atoms with Gasteiger partial charge in [0.05, 0.1) is 21.7 Å². The van der Waals surface area contributed by atoms with Crippen LogP contribution in [0.4, 0.5) is 11.4 Å². The van der Waals surface area contributed by atoms with Crippen LogP contribution in [0.1, 0.15) is 16.8 Å². The molecule has 0 spiro atoms.